The first-order valence-corrected chi connectivity index (χ1v) is 6.70. The topological polar surface area (TPSA) is 74.2 Å². The summed E-state index contributed by atoms with van der Waals surface area (Å²) in [4.78, 5) is 0. The highest BCUT2D eigenvalue weighted by Gasteiger charge is 2.45. The van der Waals surface area contributed by atoms with Crippen LogP contribution in [0.3, 0.4) is 0 Å². The molecule has 1 atom stereocenters. The van der Waals surface area contributed by atoms with Crippen molar-refractivity contribution in [2.75, 3.05) is 12.9 Å². The quantitative estimate of drug-likeness (QED) is 0.567. The molecule has 0 amide bonds. The molecule has 1 saturated heterocycles. The second-order valence-electron chi connectivity index (χ2n) is 4.18. The molecule has 1 aliphatic rings. The van der Waals surface area contributed by atoms with Gasteiger partial charge in [-0.2, -0.15) is 8.42 Å². The second-order valence-corrected chi connectivity index (χ2v) is 6.10. The van der Waals surface area contributed by atoms with Gasteiger partial charge in [-0.05, 0) is 20.8 Å². The van der Waals surface area contributed by atoms with E-state index in [1.807, 2.05) is 0 Å². The van der Waals surface area contributed by atoms with E-state index in [1.54, 1.807) is 20.8 Å². The Kier molecular flexibility index (Phi) is 3.54. The van der Waals surface area contributed by atoms with Crippen LogP contribution in [-0.2, 0) is 23.9 Å². The molecule has 1 rings (SSSR count). The first-order valence-electron chi connectivity index (χ1n) is 4.51. The molecule has 8 heteroatoms. The van der Waals surface area contributed by atoms with Crippen LogP contribution in [0.15, 0.2) is 5.16 Å². The van der Waals surface area contributed by atoms with E-state index in [0.29, 0.717) is 0 Å². The summed E-state index contributed by atoms with van der Waals surface area (Å²) >= 11 is 5.82. The molecule has 0 bridgehead atoms. The zero-order valence-corrected chi connectivity index (χ0v) is 11.1. The number of hydrogen-bond donors (Lipinski definition) is 0. The molecular formula is C8H14ClNO5S. The molecule has 0 saturated carbocycles. The Labute approximate surface area is 99.6 Å². The average molecular weight is 272 g/mol. The predicted molar refractivity (Wildman–Crippen MR) is 58.7 cm³/mol. The lowest BCUT2D eigenvalue weighted by molar-refractivity contribution is -0.144. The molecule has 0 radical (unpaired) electrons. The van der Waals surface area contributed by atoms with Crippen molar-refractivity contribution in [1.29, 1.82) is 0 Å². The molecule has 16 heavy (non-hydrogen) atoms. The molecule has 0 aliphatic carbocycles. The number of ether oxygens (including phenoxy) is 2. The van der Waals surface area contributed by atoms with Gasteiger partial charge >= 0.3 is 10.1 Å². The van der Waals surface area contributed by atoms with Crippen LogP contribution in [0.1, 0.15) is 20.8 Å². The van der Waals surface area contributed by atoms with Crippen molar-refractivity contribution < 1.29 is 22.2 Å². The van der Waals surface area contributed by atoms with E-state index in [-0.39, 0.29) is 11.8 Å². The molecule has 0 aromatic rings. The van der Waals surface area contributed by atoms with Crippen molar-refractivity contribution in [2.24, 2.45) is 5.16 Å². The first kappa shape index (κ1) is 13.7. The second kappa shape index (κ2) is 4.14. The fourth-order valence-electron chi connectivity index (χ4n) is 1.21. The molecule has 6 nitrogen and oxygen atoms in total. The van der Waals surface area contributed by atoms with Gasteiger partial charge in [0.25, 0.3) is 0 Å². The van der Waals surface area contributed by atoms with Crippen LogP contribution < -0.4 is 0 Å². The first-order chi connectivity index (χ1) is 7.04. The Morgan fingerprint density at radius 1 is 1.44 bits per heavy atom. The predicted octanol–water partition coefficient (Wildman–Crippen LogP) is 1.06. The normalized spacial score (nSPS) is 30.4. The van der Waals surface area contributed by atoms with Crippen molar-refractivity contribution in [1.82, 2.24) is 0 Å². The summed E-state index contributed by atoms with van der Waals surface area (Å²) in [6, 6.07) is 0. The summed E-state index contributed by atoms with van der Waals surface area (Å²) in [7, 11) is -3.67. The van der Waals surface area contributed by atoms with E-state index in [9.17, 15) is 8.42 Å². The minimum absolute atomic E-state index is 0.108. The summed E-state index contributed by atoms with van der Waals surface area (Å²) in [6.45, 7) is 5.26. The zero-order valence-electron chi connectivity index (χ0n) is 9.48. The molecule has 1 heterocycles. The van der Waals surface area contributed by atoms with Gasteiger partial charge in [0.2, 0.25) is 0 Å². The third-order valence-electron chi connectivity index (χ3n) is 1.86. The van der Waals surface area contributed by atoms with Gasteiger partial charge in [-0.25, -0.2) is 0 Å². The summed E-state index contributed by atoms with van der Waals surface area (Å²) in [5.74, 6) is -0.782. The van der Waals surface area contributed by atoms with Gasteiger partial charge in [0.1, 0.15) is 5.60 Å². The number of halogens is 1. The van der Waals surface area contributed by atoms with E-state index in [0.717, 1.165) is 6.26 Å². The lowest BCUT2D eigenvalue weighted by atomic mass is 10.1. The van der Waals surface area contributed by atoms with Crippen LogP contribution in [0.5, 0.6) is 0 Å². The number of oxime groups is 1. The Morgan fingerprint density at radius 2 is 2.00 bits per heavy atom. The molecule has 94 valence electrons. The highest BCUT2D eigenvalue weighted by Crippen LogP contribution is 2.32. The number of nitrogens with zero attached hydrogens (tertiary/aromatic N) is 1. The van der Waals surface area contributed by atoms with Crippen LogP contribution in [0.2, 0.25) is 0 Å². The van der Waals surface area contributed by atoms with E-state index in [2.05, 4.69) is 9.44 Å². The molecule has 0 aromatic carbocycles. The molecular weight excluding hydrogens is 258 g/mol. The van der Waals surface area contributed by atoms with Crippen molar-refractivity contribution in [3.8, 4) is 0 Å². The largest absolute Gasteiger partial charge is 0.347 e. The Bertz CT molecular complexity index is 405. The van der Waals surface area contributed by atoms with Crippen LogP contribution in [-0.4, -0.2) is 37.8 Å². The monoisotopic (exact) mass is 271 g/mol. The van der Waals surface area contributed by atoms with Crippen LogP contribution in [0, 0.1) is 0 Å². The van der Waals surface area contributed by atoms with Crippen LogP contribution in [0.4, 0.5) is 0 Å². The van der Waals surface area contributed by atoms with Crippen molar-refractivity contribution in [3.05, 3.63) is 0 Å². The van der Waals surface area contributed by atoms with Crippen molar-refractivity contribution in [3.63, 3.8) is 0 Å². The summed E-state index contributed by atoms with van der Waals surface area (Å²) in [5, 5.41) is 3.20. The maximum absolute atomic E-state index is 10.7. The standard InChI is InChI=1S/C8H14ClNO5S/c1-7(2)13-5-8(3,14-7)6(9)10-15-16(4,11)12/h5H2,1-4H3/b10-6-/t8-/m0/s1. The van der Waals surface area contributed by atoms with Crippen molar-refractivity contribution in [2.45, 2.75) is 32.2 Å². The summed E-state index contributed by atoms with van der Waals surface area (Å²) in [6.07, 6.45) is 0.874. The van der Waals surface area contributed by atoms with E-state index >= 15 is 0 Å². The molecule has 0 N–H and O–H groups in total. The van der Waals surface area contributed by atoms with Crippen LogP contribution >= 0.6 is 11.6 Å². The Morgan fingerprint density at radius 3 is 2.38 bits per heavy atom. The van der Waals surface area contributed by atoms with E-state index in [4.69, 9.17) is 21.1 Å². The third-order valence-corrected chi connectivity index (χ3v) is 2.67. The van der Waals surface area contributed by atoms with Crippen LogP contribution in [0.25, 0.3) is 0 Å². The maximum Gasteiger partial charge on any atom is 0.325 e. The maximum atomic E-state index is 10.7. The van der Waals surface area contributed by atoms with E-state index < -0.39 is 21.5 Å². The van der Waals surface area contributed by atoms with Gasteiger partial charge in [0.15, 0.2) is 11.0 Å². The average Bonchev–Trinajstić information content (AvgIpc) is 2.36. The third kappa shape index (κ3) is 3.58. The molecule has 0 aromatic heterocycles. The van der Waals surface area contributed by atoms with E-state index in [1.165, 1.54) is 0 Å². The van der Waals surface area contributed by atoms with Crippen molar-refractivity contribution >= 4 is 26.9 Å². The lowest BCUT2D eigenvalue weighted by Crippen LogP contribution is -2.37. The SMILES string of the molecule is CC1(C)OC[C@@](C)(/C(Cl)=N/OS(C)(=O)=O)O1. The smallest absolute Gasteiger partial charge is 0.325 e. The minimum Gasteiger partial charge on any atom is -0.347 e. The van der Waals surface area contributed by atoms with Gasteiger partial charge in [-0.1, -0.05) is 16.8 Å². The lowest BCUT2D eigenvalue weighted by Gasteiger charge is -2.22. The Balaban J connectivity index is 2.78. The molecule has 1 aliphatic heterocycles. The molecule has 0 spiro atoms. The van der Waals surface area contributed by atoms with Gasteiger partial charge in [0, 0.05) is 0 Å². The zero-order chi connectivity index (χ0) is 12.6. The fraction of sp³-hybridized carbons (Fsp3) is 0.875. The van der Waals surface area contributed by atoms with Gasteiger partial charge < -0.3 is 9.47 Å². The highest BCUT2D eigenvalue weighted by molar-refractivity contribution is 7.85. The highest BCUT2D eigenvalue weighted by atomic mass is 35.5. The Hall–Kier alpha value is -0.370. The summed E-state index contributed by atoms with van der Waals surface area (Å²) in [5.41, 5.74) is -0.990. The fourth-order valence-corrected chi connectivity index (χ4v) is 1.59. The van der Waals surface area contributed by atoms with Gasteiger partial charge in [0.05, 0.1) is 12.9 Å². The summed E-state index contributed by atoms with van der Waals surface area (Å²) < 4.78 is 36.5. The number of rotatable bonds is 3. The minimum atomic E-state index is -3.67. The van der Waals surface area contributed by atoms with Gasteiger partial charge in [-0.3, -0.25) is 4.28 Å². The van der Waals surface area contributed by atoms with Gasteiger partial charge in [-0.15, -0.1) is 0 Å². The number of hydrogen-bond acceptors (Lipinski definition) is 6. The molecule has 0 unspecified atom stereocenters. The molecule has 1 fully saturated rings.